The number of aromatic nitrogens is 1. The summed E-state index contributed by atoms with van der Waals surface area (Å²) in [6.45, 7) is 1.67. The number of amides is 1. The van der Waals surface area contributed by atoms with Crippen LogP contribution in [0.3, 0.4) is 0 Å². The van der Waals surface area contributed by atoms with Gasteiger partial charge in [-0.1, -0.05) is 32.3 Å². The van der Waals surface area contributed by atoms with E-state index >= 15 is 0 Å². The predicted molar refractivity (Wildman–Crippen MR) is 73.9 cm³/mol. The average Bonchev–Trinajstić information content (AvgIpc) is 2.53. The maximum absolute atomic E-state index is 12.1. The van der Waals surface area contributed by atoms with E-state index in [4.69, 9.17) is 0 Å². The van der Waals surface area contributed by atoms with Crippen LogP contribution in [0.5, 0.6) is 0 Å². The fourth-order valence-electron chi connectivity index (χ4n) is 2.57. The molecule has 20 heavy (non-hydrogen) atoms. The molecule has 1 saturated carbocycles. The number of pyridine rings is 1. The van der Waals surface area contributed by atoms with E-state index in [0.717, 1.165) is 18.4 Å². The summed E-state index contributed by atoms with van der Waals surface area (Å²) >= 11 is 0. The van der Waals surface area contributed by atoms with Crippen LogP contribution in [0.2, 0.25) is 0 Å². The van der Waals surface area contributed by atoms with E-state index in [1.165, 1.54) is 19.3 Å². The molecule has 108 valence electrons. The summed E-state index contributed by atoms with van der Waals surface area (Å²) in [4.78, 5) is 32.0. The monoisotopic (exact) mass is 276 g/mol. The van der Waals surface area contributed by atoms with Gasteiger partial charge in [0.2, 0.25) is 0 Å². The van der Waals surface area contributed by atoms with E-state index in [-0.39, 0.29) is 6.42 Å². The van der Waals surface area contributed by atoms with Crippen LogP contribution in [-0.2, 0) is 9.63 Å². The number of rotatable bonds is 3. The zero-order valence-corrected chi connectivity index (χ0v) is 11.7. The van der Waals surface area contributed by atoms with Gasteiger partial charge in [-0.2, -0.15) is 5.48 Å². The smallest absolute Gasteiger partial charge is 0.331 e. The van der Waals surface area contributed by atoms with Gasteiger partial charge in [0, 0.05) is 12.6 Å². The van der Waals surface area contributed by atoms with Crippen LogP contribution in [0.25, 0.3) is 0 Å². The summed E-state index contributed by atoms with van der Waals surface area (Å²) < 4.78 is 0. The van der Waals surface area contributed by atoms with Gasteiger partial charge >= 0.3 is 11.9 Å². The van der Waals surface area contributed by atoms with Gasteiger partial charge in [-0.3, -0.25) is 9.78 Å². The molecule has 2 rings (SSSR count). The minimum atomic E-state index is -0.464. The van der Waals surface area contributed by atoms with Crippen molar-refractivity contribution in [3.63, 3.8) is 0 Å². The Kier molecular flexibility index (Phi) is 5.09. The van der Waals surface area contributed by atoms with E-state index in [2.05, 4.69) is 15.3 Å². The van der Waals surface area contributed by atoms with Crippen molar-refractivity contribution in [2.75, 3.05) is 0 Å². The number of hydrogen-bond donors (Lipinski definition) is 1. The lowest BCUT2D eigenvalue weighted by molar-refractivity contribution is -0.148. The van der Waals surface area contributed by atoms with Gasteiger partial charge in [0.25, 0.3) is 0 Å². The topological polar surface area (TPSA) is 68.3 Å². The third kappa shape index (κ3) is 3.56. The van der Waals surface area contributed by atoms with Gasteiger partial charge in [0.05, 0.1) is 0 Å². The minimum absolute atomic E-state index is 0.220. The minimum Gasteiger partial charge on any atom is -0.340 e. The molecule has 0 radical (unpaired) electrons. The Bertz CT molecular complexity index is 482. The first-order valence-corrected chi connectivity index (χ1v) is 7.17. The molecule has 1 aliphatic carbocycles. The van der Waals surface area contributed by atoms with Crippen molar-refractivity contribution in [1.29, 1.82) is 0 Å². The molecule has 1 aliphatic rings. The molecule has 1 aromatic heterocycles. The highest BCUT2D eigenvalue weighted by molar-refractivity contribution is 5.93. The number of nitrogens with one attached hydrogen (secondary N) is 1. The molecule has 0 spiro atoms. The molecule has 1 amide bonds. The predicted octanol–water partition coefficient (Wildman–Crippen LogP) is 2.73. The first-order chi connectivity index (χ1) is 9.72. The van der Waals surface area contributed by atoms with Crippen LogP contribution in [-0.4, -0.2) is 16.9 Å². The highest BCUT2D eigenvalue weighted by Crippen LogP contribution is 2.33. The summed E-state index contributed by atoms with van der Waals surface area (Å²) in [5.74, 6) is -0.540. The molecule has 1 fully saturated rings. The van der Waals surface area contributed by atoms with Crippen LogP contribution >= 0.6 is 0 Å². The second kappa shape index (κ2) is 7.03. The Hall–Kier alpha value is -1.91. The lowest BCUT2D eigenvalue weighted by Crippen LogP contribution is -2.29. The summed E-state index contributed by atoms with van der Waals surface area (Å²) in [5.41, 5.74) is 3.50. The van der Waals surface area contributed by atoms with E-state index in [1.807, 2.05) is 12.1 Å². The molecule has 5 heteroatoms. The Morgan fingerprint density at radius 1 is 1.35 bits per heavy atom. The Labute approximate surface area is 118 Å². The molecule has 0 unspecified atom stereocenters. The summed E-state index contributed by atoms with van der Waals surface area (Å²) in [6.07, 6.45) is 7.60. The number of carbonyl (C=O) groups excluding carboxylic acids is 2. The maximum atomic E-state index is 12.1. The van der Waals surface area contributed by atoms with Crippen LogP contribution in [0, 0.1) is 0 Å². The van der Waals surface area contributed by atoms with Crippen LogP contribution in [0.1, 0.15) is 67.4 Å². The van der Waals surface area contributed by atoms with Gasteiger partial charge in [-0.25, -0.2) is 4.79 Å². The van der Waals surface area contributed by atoms with Crippen molar-refractivity contribution in [2.24, 2.45) is 0 Å². The molecule has 0 bridgehead atoms. The number of carbonyl (C=O) groups is 2. The maximum Gasteiger partial charge on any atom is 0.331 e. The average molecular weight is 276 g/mol. The largest absolute Gasteiger partial charge is 0.340 e. The first-order valence-electron chi connectivity index (χ1n) is 7.17. The van der Waals surface area contributed by atoms with Gasteiger partial charge in [-0.15, -0.1) is 0 Å². The van der Waals surface area contributed by atoms with Crippen molar-refractivity contribution >= 4 is 11.9 Å². The zero-order chi connectivity index (χ0) is 14.4. The standard InChI is InChI=1S/C15H20N2O3/c1-2-13(18)20-17-15(19)14-12(9-6-10-16-14)11-7-4-3-5-8-11/h6,9-11H,2-5,7-8H2,1H3,(H,17,19). The number of hydrogen-bond acceptors (Lipinski definition) is 4. The number of nitrogens with zero attached hydrogens (tertiary/aromatic N) is 1. The SMILES string of the molecule is CCC(=O)ONC(=O)c1ncccc1C1CCCCC1. The lowest BCUT2D eigenvalue weighted by atomic mass is 9.83. The Morgan fingerprint density at radius 3 is 2.80 bits per heavy atom. The Morgan fingerprint density at radius 2 is 2.10 bits per heavy atom. The van der Waals surface area contributed by atoms with Gasteiger partial charge < -0.3 is 4.84 Å². The molecule has 1 heterocycles. The fourth-order valence-corrected chi connectivity index (χ4v) is 2.57. The molecule has 0 aliphatic heterocycles. The van der Waals surface area contributed by atoms with Crippen LogP contribution in [0.4, 0.5) is 0 Å². The highest BCUT2D eigenvalue weighted by Gasteiger charge is 2.22. The van der Waals surface area contributed by atoms with Gasteiger partial charge in [0.1, 0.15) is 5.69 Å². The lowest BCUT2D eigenvalue weighted by Gasteiger charge is -2.23. The van der Waals surface area contributed by atoms with E-state index in [1.54, 1.807) is 13.1 Å². The molecule has 1 N–H and O–H groups in total. The molecule has 0 saturated heterocycles. The highest BCUT2D eigenvalue weighted by atomic mass is 16.7. The molecular formula is C15H20N2O3. The van der Waals surface area contributed by atoms with E-state index in [9.17, 15) is 9.59 Å². The Balaban J connectivity index is 2.10. The van der Waals surface area contributed by atoms with E-state index in [0.29, 0.717) is 11.6 Å². The first kappa shape index (κ1) is 14.5. The third-order valence-corrected chi connectivity index (χ3v) is 3.65. The summed E-state index contributed by atoms with van der Waals surface area (Å²) in [7, 11) is 0. The molecule has 0 atom stereocenters. The van der Waals surface area contributed by atoms with Crippen molar-refractivity contribution < 1.29 is 14.4 Å². The molecule has 5 nitrogen and oxygen atoms in total. The molecular weight excluding hydrogens is 256 g/mol. The van der Waals surface area contributed by atoms with Crippen molar-refractivity contribution in [1.82, 2.24) is 10.5 Å². The molecule has 1 aromatic rings. The zero-order valence-electron chi connectivity index (χ0n) is 11.7. The van der Waals surface area contributed by atoms with Crippen LogP contribution < -0.4 is 5.48 Å². The second-order valence-corrected chi connectivity index (χ2v) is 5.03. The fraction of sp³-hybridized carbons (Fsp3) is 0.533. The number of hydroxylamine groups is 1. The van der Waals surface area contributed by atoms with Crippen molar-refractivity contribution in [2.45, 2.75) is 51.4 Å². The van der Waals surface area contributed by atoms with Crippen molar-refractivity contribution in [3.8, 4) is 0 Å². The van der Waals surface area contributed by atoms with Crippen LogP contribution in [0.15, 0.2) is 18.3 Å². The molecule has 0 aromatic carbocycles. The van der Waals surface area contributed by atoms with Gasteiger partial charge in [0.15, 0.2) is 0 Å². The second-order valence-electron chi connectivity index (χ2n) is 5.03. The summed E-state index contributed by atoms with van der Waals surface area (Å²) in [6, 6.07) is 3.79. The quantitative estimate of drug-likeness (QED) is 0.862. The summed E-state index contributed by atoms with van der Waals surface area (Å²) in [5, 5.41) is 0. The van der Waals surface area contributed by atoms with Gasteiger partial charge in [-0.05, 0) is 30.4 Å². The normalized spacial score (nSPS) is 15.7. The van der Waals surface area contributed by atoms with E-state index < -0.39 is 11.9 Å². The van der Waals surface area contributed by atoms with Crippen molar-refractivity contribution in [3.05, 3.63) is 29.6 Å². The third-order valence-electron chi connectivity index (χ3n) is 3.65.